The van der Waals surface area contributed by atoms with Gasteiger partial charge in [-0.1, -0.05) is 6.08 Å². The normalized spacial score (nSPS) is 12.2. The van der Waals surface area contributed by atoms with E-state index in [4.69, 9.17) is 4.74 Å². The number of nitrogens with one attached hydrogen (secondary N) is 1. The molecule has 1 atom stereocenters. The molecule has 1 aromatic heterocycles. The maximum atomic E-state index is 4.98. The molecule has 13 heavy (non-hydrogen) atoms. The molecule has 0 aliphatic carbocycles. The van der Waals surface area contributed by atoms with Gasteiger partial charge in [-0.05, 0) is 7.05 Å². The van der Waals surface area contributed by atoms with Crippen molar-refractivity contribution in [3.8, 4) is 5.88 Å². The third kappa shape index (κ3) is 2.26. The molecule has 1 unspecified atom stereocenters. The lowest BCUT2D eigenvalue weighted by molar-refractivity contribution is 0.395. The van der Waals surface area contributed by atoms with E-state index in [1.807, 2.05) is 7.05 Å². The number of nitrogens with zero attached hydrogens (tertiary/aromatic N) is 2. The van der Waals surface area contributed by atoms with Crippen molar-refractivity contribution >= 4 is 0 Å². The van der Waals surface area contributed by atoms with E-state index in [0.29, 0.717) is 5.88 Å². The average Bonchev–Trinajstić information content (AvgIpc) is 2.20. The molecule has 0 bridgehead atoms. The molecule has 4 heteroatoms. The first-order valence-electron chi connectivity index (χ1n) is 3.97. The van der Waals surface area contributed by atoms with Gasteiger partial charge < -0.3 is 10.1 Å². The van der Waals surface area contributed by atoms with E-state index in [-0.39, 0.29) is 6.04 Å². The summed E-state index contributed by atoms with van der Waals surface area (Å²) in [6.45, 7) is 3.70. The molecule has 4 nitrogen and oxygen atoms in total. The van der Waals surface area contributed by atoms with E-state index < -0.39 is 0 Å². The van der Waals surface area contributed by atoms with Crippen LogP contribution in [0.1, 0.15) is 11.7 Å². The van der Waals surface area contributed by atoms with Gasteiger partial charge in [0.15, 0.2) is 0 Å². The Labute approximate surface area is 77.7 Å². The predicted octanol–water partition coefficient (Wildman–Crippen LogP) is 0.932. The van der Waals surface area contributed by atoms with Crippen molar-refractivity contribution in [2.45, 2.75) is 6.04 Å². The summed E-state index contributed by atoms with van der Waals surface area (Å²) in [5.41, 5.74) is 0.851. The van der Waals surface area contributed by atoms with Crippen LogP contribution in [0.3, 0.4) is 0 Å². The molecule has 0 aromatic carbocycles. The highest BCUT2D eigenvalue weighted by Gasteiger charge is 2.06. The van der Waals surface area contributed by atoms with Crippen LogP contribution in [0.25, 0.3) is 0 Å². The second-order valence-corrected chi connectivity index (χ2v) is 2.49. The van der Waals surface area contributed by atoms with E-state index in [1.54, 1.807) is 19.3 Å². The second-order valence-electron chi connectivity index (χ2n) is 2.49. The Kier molecular flexibility index (Phi) is 3.40. The molecule has 0 saturated heterocycles. The van der Waals surface area contributed by atoms with Crippen molar-refractivity contribution in [1.82, 2.24) is 15.3 Å². The molecule has 0 radical (unpaired) electrons. The van der Waals surface area contributed by atoms with Crippen LogP contribution in [-0.4, -0.2) is 24.1 Å². The van der Waals surface area contributed by atoms with Crippen molar-refractivity contribution in [3.63, 3.8) is 0 Å². The van der Waals surface area contributed by atoms with Crippen LogP contribution in [0.5, 0.6) is 5.88 Å². The van der Waals surface area contributed by atoms with Gasteiger partial charge in [-0.15, -0.1) is 6.58 Å². The van der Waals surface area contributed by atoms with E-state index in [1.165, 1.54) is 6.33 Å². The molecule has 1 N–H and O–H groups in total. The highest BCUT2D eigenvalue weighted by molar-refractivity contribution is 5.19. The Morgan fingerprint density at radius 1 is 1.62 bits per heavy atom. The van der Waals surface area contributed by atoms with Gasteiger partial charge in [0, 0.05) is 6.07 Å². The molecule has 0 amide bonds. The summed E-state index contributed by atoms with van der Waals surface area (Å²) in [5, 5.41) is 3.06. The summed E-state index contributed by atoms with van der Waals surface area (Å²) in [5.74, 6) is 0.562. The largest absolute Gasteiger partial charge is 0.481 e. The topological polar surface area (TPSA) is 47.0 Å². The minimum atomic E-state index is 0.0388. The predicted molar refractivity (Wildman–Crippen MR) is 50.6 cm³/mol. The number of likely N-dealkylation sites (N-methyl/N-ethyl adjacent to an activating group) is 1. The standard InChI is InChI=1S/C9H13N3O/c1-4-7(10-2)8-5-9(13-3)12-6-11-8/h4-7,10H,1H2,2-3H3. The molecule has 1 aromatic rings. The minimum Gasteiger partial charge on any atom is -0.481 e. The third-order valence-electron chi connectivity index (χ3n) is 1.74. The van der Waals surface area contributed by atoms with E-state index in [9.17, 15) is 0 Å². The summed E-state index contributed by atoms with van der Waals surface area (Å²) < 4.78 is 4.98. The van der Waals surface area contributed by atoms with Crippen LogP contribution >= 0.6 is 0 Å². The quantitative estimate of drug-likeness (QED) is 0.698. The number of methoxy groups -OCH3 is 1. The first-order valence-corrected chi connectivity index (χ1v) is 3.97. The van der Waals surface area contributed by atoms with Crippen molar-refractivity contribution in [3.05, 3.63) is 30.7 Å². The Balaban J connectivity index is 2.92. The number of hydrogen-bond acceptors (Lipinski definition) is 4. The number of aromatic nitrogens is 2. The Morgan fingerprint density at radius 2 is 2.38 bits per heavy atom. The fourth-order valence-electron chi connectivity index (χ4n) is 1.02. The average molecular weight is 179 g/mol. The van der Waals surface area contributed by atoms with E-state index in [2.05, 4.69) is 21.9 Å². The molecule has 0 spiro atoms. The Bertz CT molecular complexity index is 288. The minimum absolute atomic E-state index is 0.0388. The summed E-state index contributed by atoms with van der Waals surface area (Å²) in [6, 6.07) is 1.82. The Morgan fingerprint density at radius 3 is 2.92 bits per heavy atom. The van der Waals surface area contributed by atoms with Gasteiger partial charge in [0.05, 0.1) is 18.8 Å². The van der Waals surface area contributed by atoms with Crippen LogP contribution < -0.4 is 10.1 Å². The SMILES string of the molecule is C=CC(NC)c1cc(OC)ncn1. The lowest BCUT2D eigenvalue weighted by Gasteiger charge is -2.10. The molecule has 1 rings (SSSR count). The van der Waals surface area contributed by atoms with Gasteiger partial charge in [-0.3, -0.25) is 0 Å². The van der Waals surface area contributed by atoms with Crippen molar-refractivity contribution in [2.24, 2.45) is 0 Å². The van der Waals surface area contributed by atoms with Crippen molar-refractivity contribution in [1.29, 1.82) is 0 Å². The van der Waals surface area contributed by atoms with Crippen LogP contribution in [0, 0.1) is 0 Å². The molecule has 0 saturated carbocycles. The first-order chi connectivity index (χ1) is 6.31. The van der Waals surface area contributed by atoms with Gasteiger partial charge in [0.25, 0.3) is 0 Å². The van der Waals surface area contributed by atoms with Gasteiger partial charge in [0.2, 0.25) is 5.88 Å². The van der Waals surface area contributed by atoms with Crippen molar-refractivity contribution < 1.29 is 4.74 Å². The van der Waals surface area contributed by atoms with Gasteiger partial charge in [0.1, 0.15) is 6.33 Å². The van der Waals surface area contributed by atoms with E-state index >= 15 is 0 Å². The summed E-state index contributed by atoms with van der Waals surface area (Å²) >= 11 is 0. The number of hydrogen-bond donors (Lipinski definition) is 1. The monoisotopic (exact) mass is 179 g/mol. The number of rotatable bonds is 4. The van der Waals surface area contributed by atoms with Gasteiger partial charge in [-0.25, -0.2) is 9.97 Å². The molecule has 0 aliphatic heterocycles. The van der Waals surface area contributed by atoms with Crippen LogP contribution in [0.4, 0.5) is 0 Å². The van der Waals surface area contributed by atoms with Crippen LogP contribution in [0.15, 0.2) is 25.0 Å². The zero-order valence-corrected chi connectivity index (χ0v) is 7.82. The van der Waals surface area contributed by atoms with E-state index in [0.717, 1.165) is 5.69 Å². The lowest BCUT2D eigenvalue weighted by atomic mass is 10.2. The fraction of sp³-hybridized carbons (Fsp3) is 0.333. The van der Waals surface area contributed by atoms with Crippen LogP contribution in [-0.2, 0) is 0 Å². The first kappa shape index (κ1) is 9.67. The second kappa shape index (κ2) is 4.57. The van der Waals surface area contributed by atoms with Crippen LogP contribution in [0.2, 0.25) is 0 Å². The number of ether oxygens (including phenoxy) is 1. The third-order valence-corrected chi connectivity index (χ3v) is 1.74. The molecule has 0 aliphatic rings. The molecule has 70 valence electrons. The zero-order chi connectivity index (χ0) is 9.68. The Hall–Kier alpha value is -1.42. The van der Waals surface area contributed by atoms with Crippen molar-refractivity contribution in [2.75, 3.05) is 14.2 Å². The maximum Gasteiger partial charge on any atom is 0.216 e. The highest BCUT2D eigenvalue weighted by atomic mass is 16.5. The molecule has 1 heterocycles. The zero-order valence-electron chi connectivity index (χ0n) is 7.82. The van der Waals surface area contributed by atoms with Gasteiger partial charge in [-0.2, -0.15) is 0 Å². The molecular formula is C9H13N3O. The summed E-state index contributed by atoms with van der Waals surface area (Å²) in [4.78, 5) is 8.02. The highest BCUT2D eigenvalue weighted by Crippen LogP contribution is 2.13. The maximum absolute atomic E-state index is 4.98. The lowest BCUT2D eigenvalue weighted by Crippen LogP contribution is -2.15. The molecular weight excluding hydrogens is 166 g/mol. The van der Waals surface area contributed by atoms with Gasteiger partial charge >= 0.3 is 0 Å². The fourth-order valence-corrected chi connectivity index (χ4v) is 1.02. The smallest absolute Gasteiger partial charge is 0.216 e. The summed E-state index contributed by atoms with van der Waals surface area (Å²) in [7, 11) is 3.43. The molecule has 0 fully saturated rings. The summed E-state index contributed by atoms with van der Waals surface area (Å²) in [6.07, 6.45) is 3.25.